The smallest absolute Gasteiger partial charge is 0.248 e. The molecule has 0 fully saturated rings. The van der Waals surface area contributed by atoms with Crippen molar-refractivity contribution >= 4 is 44.7 Å². The number of aryl methyl sites for hydroxylation is 2. The van der Waals surface area contributed by atoms with Crippen molar-refractivity contribution in [1.29, 1.82) is 0 Å². The maximum atomic E-state index is 12.5. The first kappa shape index (κ1) is 18.7. The molecule has 0 aliphatic rings. The van der Waals surface area contributed by atoms with Gasteiger partial charge in [0.1, 0.15) is 11.0 Å². The van der Waals surface area contributed by atoms with Gasteiger partial charge in [-0.05, 0) is 62.7 Å². The fourth-order valence-corrected chi connectivity index (χ4v) is 4.08. The summed E-state index contributed by atoms with van der Waals surface area (Å²) in [4.78, 5) is 17.2. The van der Waals surface area contributed by atoms with Crippen LogP contribution in [-0.2, 0) is 4.79 Å². The molecule has 7 heteroatoms. The molecule has 0 spiro atoms. The number of fused-ring (bicyclic) bond motifs is 1. The van der Waals surface area contributed by atoms with Crippen LogP contribution in [0.25, 0.3) is 20.8 Å². The minimum Gasteiger partial charge on any atom is -0.324 e. The molecule has 0 radical (unpaired) electrons. The van der Waals surface area contributed by atoms with E-state index in [2.05, 4.69) is 29.5 Å². The predicted octanol–water partition coefficient (Wildman–Crippen LogP) is 5.63. The van der Waals surface area contributed by atoms with Gasteiger partial charge in [-0.25, -0.2) is 4.98 Å². The molecule has 1 amide bonds. The number of carbonyl (C=O) groups is 1. The zero-order valence-electron chi connectivity index (χ0n) is 15.7. The van der Waals surface area contributed by atoms with E-state index in [-0.39, 0.29) is 5.91 Å². The molecule has 1 unspecified atom stereocenters. The summed E-state index contributed by atoms with van der Waals surface area (Å²) < 4.78 is 2.75. The average molecular weight is 411 g/mol. The minimum absolute atomic E-state index is 0.151. The van der Waals surface area contributed by atoms with Crippen molar-refractivity contribution in [3.8, 4) is 10.6 Å². The summed E-state index contributed by atoms with van der Waals surface area (Å²) >= 11 is 7.70. The fourth-order valence-electron chi connectivity index (χ4n) is 2.88. The van der Waals surface area contributed by atoms with Crippen LogP contribution in [0.1, 0.15) is 24.2 Å². The molecule has 1 atom stereocenters. The highest BCUT2D eigenvalue weighted by molar-refractivity contribution is 7.21. The van der Waals surface area contributed by atoms with E-state index in [4.69, 9.17) is 16.6 Å². The number of aromatic nitrogens is 3. The highest BCUT2D eigenvalue weighted by atomic mass is 35.5. The van der Waals surface area contributed by atoms with Gasteiger partial charge in [-0.1, -0.05) is 17.7 Å². The molecule has 1 N–H and O–H groups in total. The summed E-state index contributed by atoms with van der Waals surface area (Å²) in [5.74, 6) is -0.151. The Kier molecular flexibility index (Phi) is 4.91. The van der Waals surface area contributed by atoms with Gasteiger partial charge in [0, 0.05) is 17.4 Å². The SMILES string of the molecule is Cc1ccc2nc(-c3ccc(NC(=O)C(C)n4cc(Cl)c(C)n4)cc3)sc2c1. The van der Waals surface area contributed by atoms with Gasteiger partial charge in [0.05, 0.1) is 20.9 Å². The maximum absolute atomic E-state index is 12.5. The van der Waals surface area contributed by atoms with Gasteiger partial charge in [0.2, 0.25) is 5.91 Å². The lowest BCUT2D eigenvalue weighted by molar-refractivity contribution is -0.119. The largest absolute Gasteiger partial charge is 0.324 e. The number of nitrogens with one attached hydrogen (secondary N) is 1. The molecule has 0 aliphatic carbocycles. The van der Waals surface area contributed by atoms with Crippen LogP contribution in [0.4, 0.5) is 5.69 Å². The first-order valence-corrected chi connectivity index (χ1v) is 10.1. The van der Waals surface area contributed by atoms with Gasteiger partial charge >= 0.3 is 0 Å². The van der Waals surface area contributed by atoms with Crippen LogP contribution in [0.15, 0.2) is 48.7 Å². The highest BCUT2D eigenvalue weighted by Gasteiger charge is 2.17. The Morgan fingerprint density at radius 2 is 1.93 bits per heavy atom. The minimum atomic E-state index is -0.460. The number of benzene rings is 2. The summed E-state index contributed by atoms with van der Waals surface area (Å²) in [5.41, 5.74) is 4.69. The first-order chi connectivity index (χ1) is 13.4. The molecule has 0 bridgehead atoms. The van der Waals surface area contributed by atoms with Crippen molar-refractivity contribution in [2.45, 2.75) is 26.8 Å². The number of nitrogens with zero attached hydrogens (tertiary/aromatic N) is 3. The van der Waals surface area contributed by atoms with Crippen LogP contribution in [0.5, 0.6) is 0 Å². The lowest BCUT2D eigenvalue weighted by Crippen LogP contribution is -2.24. The monoisotopic (exact) mass is 410 g/mol. The van der Waals surface area contributed by atoms with Crippen molar-refractivity contribution in [3.05, 3.63) is 64.9 Å². The van der Waals surface area contributed by atoms with Crippen LogP contribution in [0, 0.1) is 13.8 Å². The van der Waals surface area contributed by atoms with Gasteiger partial charge in [0.25, 0.3) is 0 Å². The molecule has 0 aliphatic heterocycles. The summed E-state index contributed by atoms with van der Waals surface area (Å²) in [5, 5.41) is 8.71. The predicted molar refractivity (Wildman–Crippen MR) is 115 cm³/mol. The van der Waals surface area contributed by atoms with E-state index in [0.29, 0.717) is 10.7 Å². The number of amides is 1. The summed E-state index contributed by atoms with van der Waals surface area (Å²) in [6.45, 7) is 5.68. The Labute approximate surface area is 172 Å². The zero-order chi connectivity index (χ0) is 19.8. The van der Waals surface area contributed by atoms with E-state index in [0.717, 1.165) is 21.8 Å². The summed E-state index contributed by atoms with van der Waals surface area (Å²) in [6.07, 6.45) is 1.67. The Hall–Kier alpha value is -2.70. The van der Waals surface area contributed by atoms with Gasteiger partial charge in [0.15, 0.2) is 0 Å². The van der Waals surface area contributed by atoms with Crippen LogP contribution in [0.3, 0.4) is 0 Å². The molecule has 0 saturated carbocycles. The van der Waals surface area contributed by atoms with Crippen molar-refractivity contribution in [2.24, 2.45) is 0 Å². The number of thiazole rings is 1. The second-order valence-corrected chi connectivity index (χ2v) is 8.21. The van der Waals surface area contributed by atoms with Crippen LogP contribution in [0.2, 0.25) is 5.02 Å². The number of rotatable bonds is 4. The lowest BCUT2D eigenvalue weighted by atomic mass is 10.2. The normalized spacial score (nSPS) is 12.3. The molecule has 28 heavy (non-hydrogen) atoms. The molecule has 2 heterocycles. The topological polar surface area (TPSA) is 59.8 Å². The second kappa shape index (κ2) is 7.37. The number of halogens is 1. The fraction of sp³-hybridized carbons (Fsp3) is 0.190. The molecular weight excluding hydrogens is 392 g/mol. The molecule has 5 nitrogen and oxygen atoms in total. The lowest BCUT2D eigenvalue weighted by Gasteiger charge is -2.13. The van der Waals surface area contributed by atoms with Crippen LogP contribution >= 0.6 is 22.9 Å². The van der Waals surface area contributed by atoms with Crippen molar-refractivity contribution in [1.82, 2.24) is 14.8 Å². The molecule has 2 aromatic heterocycles. The molecule has 4 aromatic rings. The van der Waals surface area contributed by atoms with E-state index >= 15 is 0 Å². The number of hydrogen-bond acceptors (Lipinski definition) is 4. The van der Waals surface area contributed by atoms with Crippen molar-refractivity contribution in [2.75, 3.05) is 5.32 Å². The number of hydrogen-bond donors (Lipinski definition) is 1. The van der Waals surface area contributed by atoms with Crippen LogP contribution < -0.4 is 5.32 Å². The number of carbonyl (C=O) groups excluding carboxylic acids is 1. The first-order valence-electron chi connectivity index (χ1n) is 8.90. The quantitative estimate of drug-likeness (QED) is 0.474. The molecular formula is C21H19ClN4OS. The van der Waals surface area contributed by atoms with E-state index in [1.54, 1.807) is 29.1 Å². The summed E-state index contributed by atoms with van der Waals surface area (Å²) in [6, 6.07) is 13.5. The summed E-state index contributed by atoms with van der Waals surface area (Å²) in [7, 11) is 0. The average Bonchev–Trinajstić information content (AvgIpc) is 3.24. The van der Waals surface area contributed by atoms with E-state index in [1.165, 1.54) is 10.3 Å². The van der Waals surface area contributed by atoms with Gasteiger partial charge in [-0.2, -0.15) is 5.10 Å². The third kappa shape index (κ3) is 3.66. The van der Waals surface area contributed by atoms with Crippen LogP contribution in [-0.4, -0.2) is 20.7 Å². The molecule has 2 aromatic carbocycles. The van der Waals surface area contributed by atoms with E-state index in [1.807, 2.05) is 37.3 Å². The maximum Gasteiger partial charge on any atom is 0.248 e. The molecule has 0 saturated heterocycles. The van der Waals surface area contributed by atoms with E-state index in [9.17, 15) is 4.79 Å². The third-order valence-electron chi connectivity index (χ3n) is 4.58. The Morgan fingerprint density at radius 3 is 2.61 bits per heavy atom. The van der Waals surface area contributed by atoms with Gasteiger partial charge < -0.3 is 5.32 Å². The third-order valence-corrected chi connectivity index (χ3v) is 6.01. The van der Waals surface area contributed by atoms with Crippen molar-refractivity contribution < 1.29 is 4.79 Å². The zero-order valence-corrected chi connectivity index (χ0v) is 17.3. The number of anilines is 1. The highest BCUT2D eigenvalue weighted by Crippen LogP contribution is 2.31. The standard InChI is InChI=1S/C21H19ClN4OS/c1-12-4-9-18-19(10-12)28-21(24-18)15-5-7-16(8-6-15)23-20(27)14(3)26-11-17(22)13(2)25-26/h4-11,14H,1-3H3,(H,23,27). The molecule has 4 rings (SSSR count). The molecule has 142 valence electrons. The van der Waals surface area contributed by atoms with E-state index < -0.39 is 6.04 Å². The van der Waals surface area contributed by atoms with Gasteiger partial charge in [-0.3, -0.25) is 9.48 Å². The Morgan fingerprint density at radius 1 is 1.18 bits per heavy atom. The van der Waals surface area contributed by atoms with Crippen molar-refractivity contribution in [3.63, 3.8) is 0 Å². The Balaban J connectivity index is 1.50. The second-order valence-electron chi connectivity index (χ2n) is 6.78. The Bertz CT molecular complexity index is 1140. The van der Waals surface area contributed by atoms with Gasteiger partial charge in [-0.15, -0.1) is 11.3 Å².